The van der Waals surface area contributed by atoms with Gasteiger partial charge in [0.2, 0.25) is 5.75 Å². The molecule has 3 nitrogen and oxygen atoms in total. The van der Waals surface area contributed by atoms with Gasteiger partial charge in [-0.05, 0) is 37.0 Å². The Morgan fingerprint density at radius 3 is 2.52 bits per heavy atom. The van der Waals surface area contributed by atoms with Crippen LogP contribution >= 0.6 is 0 Å². The third-order valence-corrected chi connectivity index (χ3v) is 4.95. The zero-order chi connectivity index (χ0) is 18.8. The second-order valence-electron chi connectivity index (χ2n) is 5.72. The minimum absolute atomic E-state index is 0.104. The summed E-state index contributed by atoms with van der Waals surface area (Å²) in [5.41, 5.74) is -0.215. The third-order valence-electron chi connectivity index (χ3n) is 3.43. The summed E-state index contributed by atoms with van der Waals surface area (Å²) in [6, 6.07) is 1.93. The van der Waals surface area contributed by atoms with E-state index in [1.54, 1.807) is 0 Å². The minimum Gasteiger partial charge on any atom is -0.611 e. The quantitative estimate of drug-likeness (QED) is 0.346. The Labute approximate surface area is 143 Å². The second kappa shape index (κ2) is 7.86. The maximum atomic E-state index is 14.1. The molecule has 1 aromatic carbocycles. The molecular weight excluding hydrogens is 370 g/mol. The Morgan fingerprint density at radius 1 is 1.36 bits per heavy atom. The number of nitrogens with one attached hydrogen (secondary N) is 1. The SMILES string of the molecule is Cc1cc(F)c(/N=C(\NCC(F)F)C2CC2)cc1[S+]([O-])CC(F)(F)F. The van der Waals surface area contributed by atoms with Crippen molar-refractivity contribution in [2.24, 2.45) is 10.9 Å². The summed E-state index contributed by atoms with van der Waals surface area (Å²) in [6.07, 6.45) is -5.85. The lowest BCUT2D eigenvalue weighted by atomic mass is 10.2. The smallest absolute Gasteiger partial charge is 0.433 e. The number of amidine groups is 1. The van der Waals surface area contributed by atoms with Gasteiger partial charge in [-0.1, -0.05) is 0 Å². The topological polar surface area (TPSA) is 47.5 Å². The van der Waals surface area contributed by atoms with Crippen LogP contribution in [0, 0.1) is 18.7 Å². The van der Waals surface area contributed by atoms with Crippen LogP contribution in [0.15, 0.2) is 22.0 Å². The normalized spacial score (nSPS) is 17.1. The minimum atomic E-state index is -4.63. The van der Waals surface area contributed by atoms with Crippen LogP contribution in [0.4, 0.5) is 32.0 Å². The van der Waals surface area contributed by atoms with Crippen LogP contribution in [0.5, 0.6) is 0 Å². The van der Waals surface area contributed by atoms with Gasteiger partial charge in [-0.15, -0.1) is 0 Å². The largest absolute Gasteiger partial charge is 0.611 e. The van der Waals surface area contributed by atoms with Crippen LogP contribution < -0.4 is 5.32 Å². The molecule has 2 rings (SSSR count). The van der Waals surface area contributed by atoms with Gasteiger partial charge in [0.1, 0.15) is 17.3 Å². The van der Waals surface area contributed by atoms with E-state index in [2.05, 4.69) is 10.3 Å². The number of hydrogen-bond donors (Lipinski definition) is 1. The molecule has 25 heavy (non-hydrogen) atoms. The van der Waals surface area contributed by atoms with Crippen LogP contribution in [0.1, 0.15) is 18.4 Å². The maximum absolute atomic E-state index is 14.1. The fourth-order valence-corrected chi connectivity index (χ4v) is 3.26. The van der Waals surface area contributed by atoms with Gasteiger partial charge >= 0.3 is 6.18 Å². The molecule has 1 atom stereocenters. The zero-order valence-electron chi connectivity index (χ0n) is 13.2. The van der Waals surface area contributed by atoms with E-state index in [-0.39, 0.29) is 27.9 Å². The molecule has 0 amide bonds. The lowest BCUT2D eigenvalue weighted by Crippen LogP contribution is -2.30. The summed E-state index contributed by atoms with van der Waals surface area (Å²) in [7, 11) is 0. The predicted molar refractivity (Wildman–Crippen MR) is 82.3 cm³/mol. The van der Waals surface area contributed by atoms with Crippen molar-refractivity contribution >= 4 is 22.7 Å². The van der Waals surface area contributed by atoms with Crippen molar-refractivity contribution in [1.82, 2.24) is 5.32 Å². The predicted octanol–water partition coefficient (Wildman–Crippen LogP) is 4.10. The monoisotopic (exact) mass is 386 g/mol. The summed E-state index contributed by atoms with van der Waals surface area (Å²) >= 11 is -2.41. The number of rotatable bonds is 6. The van der Waals surface area contributed by atoms with E-state index in [1.807, 2.05) is 0 Å². The first-order valence-electron chi connectivity index (χ1n) is 7.42. The van der Waals surface area contributed by atoms with E-state index in [0.717, 1.165) is 12.1 Å². The van der Waals surface area contributed by atoms with E-state index in [1.165, 1.54) is 6.92 Å². The van der Waals surface area contributed by atoms with Gasteiger partial charge in [0.25, 0.3) is 6.43 Å². The molecule has 0 aliphatic heterocycles. The fraction of sp³-hybridized carbons (Fsp3) is 0.533. The van der Waals surface area contributed by atoms with Crippen molar-refractivity contribution in [1.29, 1.82) is 0 Å². The van der Waals surface area contributed by atoms with Gasteiger partial charge in [-0.25, -0.2) is 18.2 Å². The Hall–Kier alpha value is -1.42. The van der Waals surface area contributed by atoms with Crippen molar-refractivity contribution in [3.8, 4) is 0 Å². The Bertz CT molecular complexity index is 646. The van der Waals surface area contributed by atoms with Crippen molar-refractivity contribution in [3.05, 3.63) is 23.5 Å². The van der Waals surface area contributed by atoms with Crippen molar-refractivity contribution in [2.75, 3.05) is 12.3 Å². The second-order valence-corrected chi connectivity index (χ2v) is 7.14. The molecule has 0 radical (unpaired) electrons. The van der Waals surface area contributed by atoms with E-state index in [9.17, 15) is 30.9 Å². The van der Waals surface area contributed by atoms with Crippen LogP contribution in [0.25, 0.3) is 0 Å². The fourth-order valence-electron chi connectivity index (χ4n) is 2.14. The number of benzene rings is 1. The van der Waals surface area contributed by atoms with Crippen LogP contribution in [0.3, 0.4) is 0 Å². The number of halogens is 6. The van der Waals surface area contributed by atoms with Gasteiger partial charge in [0.05, 0.1) is 6.54 Å². The zero-order valence-corrected chi connectivity index (χ0v) is 14.0. The first-order valence-corrected chi connectivity index (χ1v) is 8.74. The highest BCUT2D eigenvalue weighted by atomic mass is 32.2. The van der Waals surface area contributed by atoms with Gasteiger partial charge in [0, 0.05) is 17.5 Å². The van der Waals surface area contributed by atoms with E-state index < -0.39 is 41.9 Å². The van der Waals surface area contributed by atoms with Gasteiger partial charge in [-0.3, -0.25) is 0 Å². The van der Waals surface area contributed by atoms with Gasteiger partial charge in [0.15, 0.2) is 4.90 Å². The maximum Gasteiger partial charge on any atom is 0.433 e. The number of hydrogen-bond acceptors (Lipinski definition) is 2. The molecule has 10 heteroatoms. The molecule has 0 heterocycles. The molecule has 1 unspecified atom stereocenters. The van der Waals surface area contributed by atoms with Crippen molar-refractivity contribution in [3.63, 3.8) is 0 Å². The molecule has 0 saturated heterocycles. The Morgan fingerprint density at radius 2 is 2.00 bits per heavy atom. The summed E-state index contributed by atoms with van der Waals surface area (Å²) < 4.78 is 87.9. The molecule has 0 aromatic heterocycles. The van der Waals surface area contributed by atoms with Crippen LogP contribution in [0.2, 0.25) is 0 Å². The van der Waals surface area contributed by atoms with Crippen molar-refractivity contribution < 1.29 is 30.9 Å². The van der Waals surface area contributed by atoms with E-state index in [4.69, 9.17) is 0 Å². The lowest BCUT2D eigenvalue weighted by molar-refractivity contribution is -0.106. The molecule has 0 bridgehead atoms. The first kappa shape index (κ1) is 19.9. The van der Waals surface area contributed by atoms with Crippen LogP contribution in [-0.4, -0.2) is 35.3 Å². The molecule has 1 fully saturated rings. The molecule has 1 saturated carbocycles. The van der Waals surface area contributed by atoms with E-state index >= 15 is 0 Å². The van der Waals surface area contributed by atoms with Gasteiger partial charge < -0.3 is 9.87 Å². The molecule has 0 spiro atoms. The average molecular weight is 386 g/mol. The van der Waals surface area contributed by atoms with Crippen LogP contribution in [-0.2, 0) is 11.2 Å². The number of alkyl halides is 5. The highest BCUT2D eigenvalue weighted by molar-refractivity contribution is 7.91. The standard InChI is InChI=1S/C15H16F6N2OS/c1-8-4-10(16)11(5-12(8)25(24)7-15(19,20)21)23-14(9-2-3-9)22-6-13(17)18/h4-5,9,13H,2-3,6-7H2,1H3,(H,22,23). The number of aryl methyl sites for hydroxylation is 1. The average Bonchev–Trinajstić information content (AvgIpc) is 3.27. The number of nitrogens with zero attached hydrogens (tertiary/aromatic N) is 1. The highest BCUT2D eigenvalue weighted by Crippen LogP contribution is 2.34. The molecule has 1 N–H and O–H groups in total. The molecule has 1 aliphatic rings. The molecular formula is C15H16F6N2OS. The Balaban J connectivity index is 2.30. The van der Waals surface area contributed by atoms with Crippen molar-refractivity contribution in [2.45, 2.75) is 37.3 Å². The summed E-state index contributed by atoms with van der Waals surface area (Å²) in [6.45, 7) is 0.687. The molecule has 1 aliphatic carbocycles. The first-order chi connectivity index (χ1) is 11.6. The summed E-state index contributed by atoms with van der Waals surface area (Å²) in [5, 5.41) is 2.44. The number of aliphatic imine (C=N–C) groups is 1. The summed E-state index contributed by atoms with van der Waals surface area (Å²) in [4.78, 5) is 3.78. The third kappa shape index (κ3) is 6.10. The Kier molecular flexibility index (Phi) is 6.26. The highest BCUT2D eigenvalue weighted by Gasteiger charge is 2.36. The molecule has 140 valence electrons. The van der Waals surface area contributed by atoms with E-state index in [0.29, 0.717) is 12.8 Å². The van der Waals surface area contributed by atoms with Gasteiger partial charge in [-0.2, -0.15) is 13.2 Å². The lowest BCUT2D eigenvalue weighted by Gasteiger charge is -2.15. The molecule has 1 aromatic rings. The summed E-state index contributed by atoms with van der Waals surface area (Å²) in [5.74, 6) is -2.32.